The van der Waals surface area contributed by atoms with Crippen LogP contribution < -0.4 is 0 Å². The number of rotatable bonds is 2. The van der Waals surface area contributed by atoms with Gasteiger partial charge < -0.3 is 0 Å². The quantitative estimate of drug-likeness (QED) is 0.0919. The molecule has 514 valence electrons. The molecule has 0 nitrogen and oxygen atoms in total. The molecule has 0 N–H and O–H groups in total. The Morgan fingerprint density at radius 1 is 0.185 bits per heavy atom. The zero-order valence-electron chi connectivity index (χ0n) is 61.0. The summed E-state index contributed by atoms with van der Waals surface area (Å²) in [6.07, 6.45) is 6.22. The first-order valence-corrected chi connectivity index (χ1v) is 37.3. The first-order valence-electron chi connectivity index (χ1n) is 37.3. The third kappa shape index (κ3) is 16.8. The Morgan fingerprint density at radius 3 is 0.843 bits per heavy atom. The van der Waals surface area contributed by atoms with E-state index in [2.05, 4.69) is 438 Å². The average Bonchev–Trinajstić information content (AvgIpc) is 0.961. The number of allylic oxidation sites excluding steroid dienone is 4. The highest BCUT2D eigenvalue weighted by Gasteiger charge is 2.19. The minimum atomic E-state index is 1.05. The van der Waals surface area contributed by atoms with Gasteiger partial charge in [-0.3, -0.25) is 0 Å². The molecule has 0 heterocycles. The second-order valence-electron chi connectivity index (χ2n) is 27.3. The van der Waals surface area contributed by atoms with Crippen molar-refractivity contribution in [2.24, 2.45) is 0 Å². The van der Waals surface area contributed by atoms with Crippen LogP contribution in [0.4, 0.5) is 0 Å². The van der Waals surface area contributed by atoms with E-state index in [0.29, 0.717) is 0 Å². The minimum Gasteiger partial charge on any atom is -0.0699 e. The molecular formula is C108H82. The lowest BCUT2D eigenvalue weighted by molar-refractivity contribution is 1.25. The van der Waals surface area contributed by atoms with Crippen molar-refractivity contribution < 1.29 is 0 Å². The SMILES string of the molecule is C1=C=CC2=C(C=1)Cc1ccccc12.Cc1ccc(C)cc1.c1ccc(-c2cccc(-c3ccccc3)c2)cc1.c1ccc2c(c1)Cc1ccccc1-2.c1ccc2c(c1)c1ccccc1c1ccccc21.c1ccc2c(c1)ccc1ccccc12.c1ccc2cc3ccccc3cc2c1.c1ccc2ccccc2c1. The molecule has 0 aromatic heterocycles. The van der Waals surface area contributed by atoms with Gasteiger partial charge in [-0.2, -0.15) is 0 Å². The van der Waals surface area contributed by atoms with Gasteiger partial charge in [-0.05, 0) is 210 Å². The van der Waals surface area contributed by atoms with Crippen LogP contribution in [0.5, 0.6) is 0 Å². The van der Waals surface area contributed by atoms with Crippen molar-refractivity contribution in [1.82, 2.24) is 0 Å². The van der Waals surface area contributed by atoms with Crippen molar-refractivity contribution in [3.05, 3.63) is 487 Å². The predicted molar refractivity (Wildman–Crippen MR) is 467 cm³/mol. The van der Waals surface area contributed by atoms with Crippen molar-refractivity contribution in [2.45, 2.75) is 26.7 Å². The minimum absolute atomic E-state index is 1.05. The largest absolute Gasteiger partial charge is 0.0699 e. The third-order valence-corrected chi connectivity index (χ3v) is 20.2. The number of hydrogen-bond donors (Lipinski definition) is 0. The van der Waals surface area contributed by atoms with Crippen molar-refractivity contribution in [1.29, 1.82) is 0 Å². The smallest absolute Gasteiger partial charge is 0.000685 e. The highest BCUT2D eigenvalue weighted by atomic mass is 14.2. The summed E-state index contributed by atoms with van der Waals surface area (Å²) in [5.41, 5.74) is 25.0. The van der Waals surface area contributed by atoms with Gasteiger partial charge in [0.1, 0.15) is 0 Å². The number of hydrogen-bond acceptors (Lipinski definition) is 0. The fourth-order valence-corrected chi connectivity index (χ4v) is 14.6. The summed E-state index contributed by atoms with van der Waals surface area (Å²) >= 11 is 0. The van der Waals surface area contributed by atoms with E-state index in [9.17, 15) is 0 Å². The molecule has 0 aliphatic heterocycles. The van der Waals surface area contributed by atoms with Crippen molar-refractivity contribution in [2.75, 3.05) is 0 Å². The molecule has 22 rings (SSSR count). The lowest BCUT2D eigenvalue weighted by Crippen LogP contribution is -1.81. The van der Waals surface area contributed by atoms with Gasteiger partial charge in [0, 0.05) is 0 Å². The van der Waals surface area contributed by atoms with Gasteiger partial charge in [-0.1, -0.05) is 429 Å². The molecular weight excluding hydrogens is 1300 g/mol. The topological polar surface area (TPSA) is 0 Å². The van der Waals surface area contributed by atoms with Crippen LogP contribution in [0, 0.1) is 13.8 Å². The van der Waals surface area contributed by atoms with Gasteiger partial charge in [0.15, 0.2) is 0 Å². The fraction of sp³-hybridized carbons (Fsp3) is 0.0370. The van der Waals surface area contributed by atoms with E-state index >= 15 is 0 Å². The molecule has 0 atom stereocenters. The Kier molecular flexibility index (Phi) is 22.2. The normalized spacial score (nSPS) is 11.5. The Bertz CT molecular complexity index is 5880. The van der Waals surface area contributed by atoms with Crippen LogP contribution in [-0.4, -0.2) is 0 Å². The van der Waals surface area contributed by atoms with Crippen LogP contribution in [0.15, 0.2) is 454 Å². The molecule has 0 heteroatoms. The molecule has 3 aliphatic carbocycles. The molecule has 0 radical (unpaired) electrons. The highest BCUT2D eigenvalue weighted by Crippen LogP contribution is 2.38. The summed E-state index contributed by atoms with van der Waals surface area (Å²) in [6.45, 7) is 4.19. The van der Waals surface area contributed by atoms with Crippen LogP contribution in [0.2, 0.25) is 0 Å². The van der Waals surface area contributed by atoms with E-state index in [4.69, 9.17) is 0 Å². The van der Waals surface area contributed by atoms with Gasteiger partial charge in [0.2, 0.25) is 0 Å². The first-order chi connectivity index (χ1) is 53.4. The summed E-state index contributed by atoms with van der Waals surface area (Å²) in [4.78, 5) is 0. The van der Waals surface area contributed by atoms with Gasteiger partial charge in [0.25, 0.3) is 0 Å². The molecule has 19 aromatic carbocycles. The van der Waals surface area contributed by atoms with Gasteiger partial charge in [0.05, 0.1) is 0 Å². The van der Waals surface area contributed by atoms with Crippen molar-refractivity contribution >= 4 is 91.8 Å². The molecule has 19 aromatic rings. The third-order valence-electron chi connectivity index (χ3n) is 20.2. The van der Waals surface area contributed by atoms with E-state index in [1.165, 1.54) is 164 Å². The van der Waals surface area contributed by atoms with Gasteiger partial charge >= 0.3 is 0 Å². The summed E-state index contributed by atoms with van der Waals surface area (Å²) < 4.78 is 0. The van der Waals surface area contributed by atoms with Gasteiger partial charge in [-0.15, -0.1) is 0 Å². The van der Waals surface area contributed by atoms with Crippen LogP contribution in [0.3, 0.4) is 0 Å². The first kappa shape index (κ1) is 70.0. The Balaban J connectivity index is 0.0000000994. The molecule has 0 unspecified atom stereocenters. The Hall–Kier alpha value is -13.7. The second kappa shape index (κ2) is 34.3. The number of benzene rings is 19. The highest BCUT2D eigenvalue weighted by molar-refractivity contribution is 6.25. The maximum atomic E-state index is 3.01. The van der Waals surface area contributed by atoms with Crippen molar-refractivity contribution in [3.63, 3.8) is 0 Å². The monoisotopic (exact) mass is 1380 g/mol. The second-order valence-corrected chi connectivity index (χ2v) is 27.3. The van der Waals surface area contributed by atoms with Gasteiger partial charge in [-0.25, -0.2) is 0 Å². The molecule has 0 saturated heterocycles. The molecule has 0 bridgehead atoms. The Morgan fingerprint density at radius 2 is 0.463 bits per heavy atom. The van der Waals surface area contributed by atoms with E-state index in [1.807, 2.05) is 24.3 Å². The van der Waals surface area contributed by atoms with Crippen LogP contribution in [0.25, 0.3) is 125 Å². The lowest BCUT2D eigenvalue weighted by Gasteiger charge is -2.09. The maximum absolute atomic E-state index is 3.01. The number of fused-ring (bicyclic) bond motifs is 17. The summed E-state index contributed by atoms with van der Waals surface area (Å²) in [6, 6.07) is 149. The standard InChI is InChI=1S/C18H12.C18H14.2C14H10.C13H10.C13H8.C10H8.C8H10/c1-2-8-14-13(7-1)15-9-3-4-11-17(15)18-12-6-5-10-16(14)18;1-3-8-15(9-4-1)17-12-7-13-18(14-17)16-10-5-2-6-11-16;1-3-7-13-11(5-1)9-10-12-6-2-4-8-14(12)13;1-2-6-12-10-14-8-4-3-7-13(14)9-11(12)5-1;2*1-3-7-12-10(5-1)9-11-6-2-4-8-13(11)12;1-2-6-10-8-4-3-7-9(10)5-1;1-7-3-5-8(2)6-4-7/h1-12H;1-14H;2*1-10H;1-8H,9H2;1,3,5-8H,9H2;1-8H;3-6H,1-2H3. The molecule has 108 heavy (non-hydrogen) atoms. The predicted octanol–water partition coefficient (Wildman–Crippen LogP) is 29.4. The van der Waals surface area contributed by atoms with Crippen molar-refractivity contribution in [3.8, 4) is 33.4 Å². The molecule has 0 saturated carbocycles. The van der Waals surface area contributed by atoms with Crippen LogP contribution in [-0.2, 0) is 12.8 Å². The Labute approximate surface area is 634 Å². The van der Waals surface area contributed by atoms with E-state index in [1.54, 1.807) is 0 Å². The zero-order valence-corrected chi connectivity index (χ0v) is 61.0. The fourth-order valence-electron chi connectivity index (χ4n) is 14.6. The van der Waals surface area contributed by atoms with E-state index in [0.717, 1.165) is 12.8 Å². The zero-order chi connectivity index (χ0) is 73.1. The number of aryl methyl sites for hydroxylation is 2. The van der Waals surface area contributed by atoms with Crippen LogP contribution in [0.1, 0.15) is 33.4 Å². The molecule has 0 spiro atoms. The molecule has 3 aliphatic rings. The molecule has 0 fully saturated rings. The van der Waals surface area contributed by atoms with E-state index in [-0.39, 0.29) is 0 Å². The molecule has 0 amide bonds. The summed E-state index contributed by atoms with van der Waals surface area (Å²) in [5.74, 6) is 0. The van der Waals surface area contributed by atoms with E-state index < -0.39 is 0 Å². The average molecular weight is 1380 g/mol. The lowest BCUT2D eigenvalue weighted by atomic mass is 9.95. The summed E-state index contributed by atoms with van der Waals surface area (Å²) in [7, 11) is 0. The maximum Gasteiger partial charge on any atom is -0.000685 e. The van der Waals surface area contributed by atoms with Crippen LogP contribution >= 0.6 is 0 Å². The summed E-state index contributed by atoms with van der Waals surface area (Å²) in [5, 5.41) is 21.2.